The molecule has 1 heterocycles. The van der Waals surface area contributed by atoms with Gasteiger partial charge in [0.2, 0.25) is 0 Å². The molecule has 0 aliphatic rings. The molecule has 1 N–H and O–H groups in total. The number of nitrogens with zero attached hydrogens (tertiary/aromatic N) is 2. The highest BCUT2D eigenvalue weighted by Crippen LogP contribution is 2.09. The van der Waals surface area contributed by atoms with E-state index in [2.05, 4.69) is 41.5 Å². The Morgan fingerprint density at radius 1 is 1.17 bits per heavy atom. The second kappa shape index (κ2) is 7.77. The molecule has 0 aliphatic heterocycles. The van der Waals surface area contributed by atoms with Crippen molar-refractivity contribution in [3.63, 3.8) is 0 Å². The topological polar surface area (TPSA) is 45.2 Å². The first-order valence-electron chi connectivity index (χ1n) is 7.98. The minimum absolute atomic E-state index is 0.0791. The number of rotatable bonds is 5. The molecule has 0 radical (unpaired) electrons. The number of carbonyl (C=O) groups excluding carboxylic acids is 1. The number of urea groups is 1. The molecule has 23 heavy (non-hydrogen) atoms. The van der Waals surface area contributed by atoms with E-state index in [1.807, 2.05) is 33.2 Å². The number of pyridine rings is 1. The van der Waals surface area contributed by atoms with Crippen molar-refractivity contribution in [3.05, 3.63) is 64.5 Å². The lowest BCUT2D eigenvalue weighted by molar-refractivity contribution is 0.206. The Balaban J connectivity index is 1.89. The SMILES string of the molecule is CCc1ccc(CN(C)C(=O)NCc2cnc(C)cc2C)cc1. The Morgan fingerprint density at radius 2 is 1.83 bits per heavy atom. The molecule has 2 aromatic rings. The standard InChI is InChI=1S/C19H25N3O/c1-5-16-6-8-17(9-7-16)13-22(4)19(23)21-12-18-11-20-15(3)10-14(18)2/h6-11H,5,12-13H2,1-4H3,(H,21,23). The molecule has 2 amide bonds. The summed E-state index contributed by atoms with van der Waals surface area (Å²) >= 11 is 0. The van der Waals surface area contributed by atoms with Gasteiger partial charge in [-0.25, -0.2) is 4.79 Å². The molecule has 122 valence electrons. The van der Waals surface area contributed by atoms with Crippen LogP contribution in [0, 0.1) is 13.8 Å². The summed E-state index contributed by atoms with van der Waals surface area (Å²) in [5.41, 5.74) is 5.63. The molecule has 0 fully saturated rings. The average Bonchev–Trinajstić information content (AvgIpc) is 2.54. The van der Waals surface area contributed by atoms with Crippen molar-refractivity contribution < 1.29 is 4.79 Å². The van der Waals surface area contributed by atoms with Gasteiger partial charge in [0.25, 0.3) is 0 Å². The number of benzene rings is 1. The number of aromatic nitrogens is 1. The predicted octanol–water partition coefficient (Wildman–Crippen LogP) is 3.60. The van der Waals surface area contributed by atoms with Gasteiger partial charge in [0.1, 0.15) is 0 Å². The van der Waals surface area contributed by atoms with E-state index in [0.717, 1.165) is 28.8 Å². The molecule has 4 heteroatoms. The van der Waals surface area contributed by atoms with E-state index in [0.29, 0.717) is 13.1 Å². The fraction of sp³-hybridized carbons (Fsp3) is 0.368. The van der Waals surface area contributed by atoms with Crippen molar-refractivity contribution >= 4 is 6.03 Å². The summed E-state index contributed by atoms with van der Waals surface area (Å²) in [6.07, 6.45) is 2.86. The molecule has 1 aromatic carbocycles. The smallest absolute Gasteiger partial charge is 0.317 e. The Kier molecular flexibility index (Phi) is 5.74. The van der Waals surface area contributed by atoms with E-state index in [4.69, 9.17) is 0 Å². The zero-order chi connectivity index (χ0) is 16.8. The molecular weight excluding hydrogens is 286 g/mol. The van der Waals surface area contributed by atoms with Gasteiger partial charge in [-0.2, -0.15) is 0 Å². The summed E-state index contributed by atoms with van der Waals surface area (Å²) < 4.78 is 0. The Morgan fingerprint density at radius 3 is 2.43 bits per heavy atom. The highest BCUT2D eigenvalue weighted by molar-refractivity contribution is 5.73. The lowest BCUT2D eigenvalue weighted by Gasteiger charge is -2.18. The fourth-order valence-corrected chi connectivity index (χ4v) is 2.44. The highest BCUT2D eigenvalue weighted by atomic mass is 16.2. The third-order valence-electron chi connectivity index (χ3n) is 3.98. The van der Waals surface area contributed by atoms with E-state index in [9.17, 15) is 4.79 Å². The zero-order valence-electron chi connectivity index (χ0n) is 14.4. The van der Waals surface area contributed by atoms with Crippen LogP contribution in [-0.2, 0) is 19.5 Å². The minimum Gasteiger partial charge on any atom is -0.334 e. The summed E-state index contributed by atoms with van der Waals surface area (Å²) in [7, 11) is 1.81. The van der Waals surface area contributed by atoms with E-state index in [1.54, 1.807) is 4.90 Å². The second-order valence-corrected chi connectivity index (χ2v) is 5.94. The van der Waals surface area contributed by atoms with Crippen LogP contribution in [0.25, 0.3) is 0 Å². The van der Waals surface area contributed by atoms with E-state index in [-0.39, 0.29) is 6.03 Å². The van der Waals surface area contributed by atoms with Crippen LogP contribution in [0.2, 0.25) is 0 Å². The van der Waals surface area contributed by atoms with Crippen LogP contribution in [-0.4, -0.2) is 23.0 Å². The second-order valence-electron chi connectivity index (χ2n) is 5.94. The number of aryl methyl sites for hydroxylation is 3. The number of carbonyl (C=O) groups is 1. The molecule has 0 atom stereocenters. The molecule has 1 aromatic heterocycles. The normalized spacial score (nSPS) is 10.4. The maximum Gasteiger partial charge on any atom is 0.317 e. The quantitative estimate of drug-likeness (QED) is 0.917. The van der Waals surface area contributed by atoms with E-state index < -0.39 is 0 Å². The molecule has 4 nitrogen and oxygen atoms in total. The van der Waals surface area contributed by atoms with Crippen molar-refractivity contribution in [2.45, 2.75) is 40.3 Å². The molecule has 0 saturated heterocycles. The Bertz CT molecular complexity index is 665. The first kappa shape index (κ1) is 17.0. The van der Waals surface area contributed by atoms with Gasteiger partial charge in [-0.15, -0.1) is 0 Å². The van der Waals surface area contributed by atoms with Gasteiger partial charge in [-0.05, 0) is 48.6 Å². The van der Waals surface area contributed by atoms with Gasteiger partial charge in [-0.3, -0.25) is 4.98 Å². The lowest BCUT2D eigenvalue weighted by atomic mass is 10.1. The van der Waals surface area contributed by atoms with Gasteiger partial charge in [0.15, 0.2) is 0 Å². The van der Waals surface area contributed by atoms with Crippen LogP contribution in [0.15, 0.2) is 36.5 Å². The maximum absolute atomic E-state index is 12.2. The molecular formula is C19H25N3O. The Hall–Kier alpha value is -2.36. The van der Waals surface area contributed by atoms with Crippen LogP contribution >= 0.6 is 0 Å². The Labute approximate surface area is 138 Å². The molecule has 2 rings (SSSR count). The summed E-state index contributed by atoms with van der Waals surface area (Å²) in [5, 5.41) is 2.95. The van der Waals surface area contributed by atoms with Gasteiger partial charge in [0.05, 0.1) is 0 Å². The number of hydrogen-bond donors (Lipinski definition) is 1. The van der Waals surface area contributed by atoms with Crippen molar-refractivity contribution in [3.8, 4) is 0 Å². The molecule has 0 saturated carbocycles. The van der Waals surface area contributed by atoms with Gasteiger partial charge in [0, 0.05) is 32.0 Å². The van der Waals surface area contributed by atoms with Crippen LogP contribution in [0.4, 0.5) is 4.79 Å². The maximum atomic E-state index is 12.2. The van der Waals surface area contributed by atoms with Gasteiger partial charge < -0.3 is 10.2 Å². The largest absolute Gasteiger partial charge is 0.334 e. The van der Waals surface area contributed by atoms with Crippen molar-refractivity contribution in [1.82, 2.24) is 15.2 Å². The van der Waals surface area contributed by atoms with Crippen LogP contribution in [0.3, 0.4) is 0 Å². The van der Waals surface area contributed by atoms with Crippen molar-refractivity contribution in [2.24, 2.45) is 0 Å². The number of hydrogen-bond acceptors (Lipinski definition) is 2. The van der Waals surface area contributed by atoms with E-state index >= 15 is 0 Å². The minimum atomic E-state index is -0.0791. The van der Waals surface area contributed by atoms with E-state index in [1.165, 1.54) is 5.56 Å². The van der Waals surface area contributed by atoms with Gasteiger partial charge >= 0.3 is 6.03 Å². The lowest BCUT2D eigenvalue weighted by Crippen LogP contribution is -2.36. The van der Waals surface area contributed by atoms with Crippen molar-refractivity contribution in [1.29, 1.82) is 0 Å². The summed E-state index contributed by atoms with van der Waals surface area (Å²) in [4.78, 5) is 18.2. The molecule has 0 bridgehead atoms. The summed E-state index contributed by atoms with van der Waals surface area (Å²) in [6, 6.07) is 10.3. The third-order valence-corrected chi connectivity index (χ3v) is 3.98. The van der Waals surface area contributed by atoms with Gasteiger partial charge in [-0.1, -0.05) is 31.2 Å². The fourth-order valence-electron chi connectivity index (χ4n) is 2.44. The van der Waals surface area contributed by atoms with Crippen LogP contribution in [0.1, 0.15) is 34.9 Å². The molecule has 0 unspecified atom stereocenters. The van der Waals surface area contributed by atoms with Crippen molar-refractivity contribution in [2.75, 3.05) is 7.05 Å². The monoisotopic (exact) mass is 311 g/mol. The highest BCUT2D eigenvalue weighted by Gasteiger charge is 2.09. The molecule has 0 aliphatic carbocycles. The zero-order valence-corrected chi connectivity index (χ0v) is 14.4. The number of amides is 2. The van der Waals surface area contributed by atoms with Crippen LogP contribution < -0.4 is 5.32 Å². The molecule has 0 spiro atoms. The predicted molar refractivity (Wildman–Crippen MR) is 93.2 cm³/mol. The van der Waals surface area contributed by atoms with Crippen LogP contribution in [0.5, 0.6) is 0 Å². The summed E-state index contributed by atoms with van der Waals surface area (Å²) in [6.45, 7) is 7.23. The first-order chi connectivity index (χ1) is 11.0. The average molecular weight is 311 g/mol. The summed E-state index contributed by atoms with van der Waals surface area (Å²) in [5.74, 6) is 0. The third kappa shape index (κ3) is 4.81. The number of nitrogens with one attached hydrogen (secondary N) is 1. The first-order valence-corrected chi connectivity index (χ1v) is 7.98.